The molecular formula is C62H39N5. The van der Waals surface area contributed by atoms with Gasteiger partial charge in [0.25, 0.3) is 0 Å². The van der Waals surface area contributed by atoms with Crippen molar-refractivity contribution < 1.29 is 0 Å². The van der Waals surface area contributed by atoms with Crippen LogP contribution in [0.5, 0.6) is 0 Å². The van der Waals surface area contributed by atoms with Gasteiger partial charge in [0.05, 0.1) is 61.6 Å². The van der Waals surface area contributed by atoms with E-state index in [1.54, 1.807) is 0 Å². The van der Waals surface area contributed by atoms with Gasteiger partial charge in [-0.15, -0.1) is 0 Å². The molecule has 0 radical (unpaired) electrons. The van der Waals surface area contributed by atoms with Crippen molar-refractivity contribution in [1.82, 2.24) is 23.7 Å². The van der Waals surface area contributed by atoms with Gasteiger partial charge in [0.1, 0.15) is 0 Å². The second-order valence-corrected chi connectivity index (χ2v) is 17.3. The topological polar surface area (TPSA) is 40.6 Å². The van der Waals surface area contributed by atoms with Crippen LogP contribution in [-0.4, -0.2) is 23.7 Å². The first-order valence-electron chi connectivity index (χ1n) is 22.8. The summed E-state index contributed by atoms with van der Waals surface area (Å²) in [5.41, 5.74) is 14.6. The van der Waals surface area contributed by atoms with E-state index in [0.29, 0.717) is 5.82 Å². The molecule has 0 bridgehead atoms. The van der Waals surface area contributed by atoms with Crippen molar-refractivity contribution in [3.05, 3.63) is 237 Å². The predicted molar refractivity (Wildman–Crippen MR) is 279 cm³/mol. The molecule has 14 rings (SSSR count). The third-order valence-corrected chi connectivity index (χ3v) is 13.6. The summed E-state index contributed by atoms with van der Waals surface area (Å²) < 4.78 is 7.47. The number of fused-ring (bicyclic) bond motifs is 10. The average Bonchev–Trinajstić information content (AvgIpc) is 4.04. The Hall–Kier alpha value is -9.06. The molecule has 0 saturated heterocycles. The lowest BCUT2D eigenvalue weighted by molar-refractivity contribution is 1.05. The van der Waals surface area contributed by atoms with Crippen LogP contribution in [0.3, 0.4) is 0 Å². The van der Waals surface area contributed by atoms with Gasteiger partial charge in [0, 0.05) is 49.0 Å². The summed E-state index contributed by atoms with van der Waals surface area (Å²) in [7, 11) is 0. The van der Waals surface area contributed by atoms with Crippen LogP contribution >= 0.6 is 0 Å². The fraction of sp³-hybridized carbons (Fsp3) is 0. The van der Waals surface area contributed by atoms with Crippen molar-refractivity contribution >= 4 is 76.2 Å². The Bertz CT molecular complexity index is 3980. The number of aromatic nitrogens is 5. The fourth-order valence-electron chi connectivity index (χ4n) is 10.7. The number of hydrogen-bond acceptors (Lipinski definition) is 2. The molecule has 4 heterocycles. The van der Waals surface area contributed by atoms with E-state index >= 15 is 0 Å². The maximum Gasteiger partial charge on any atom is 0.160 e. The molecule has 0 atom stereocenters. The van der Waals surface area contributed by atoms with Crippen LogP contribution in [0.4, 0.5) is 0 Å². The standard InChI is InChI=1S/C62H39N5/c1-2-20-41(21-3-1)62-63-51(39-52(64-62)44-30-18-22-40-19-4-5-23-43(40)44)42-37-59(65-53-31-12-6-24-45(53)46-25-7-13-32-54(46)65)61(67-57-35-16-10-28-49(57)50-29-11-17-36-58(50)67)60(38-42)66-55-33-14-8-26-47(55)48-27-9-15-34-56(48)66/h1-39H. The minimum atomic E-state index is 0.671. The zero-order valence-corrected chi connectivity index (χ0v) is 36.3. The Labute approximate surface area is 385 Å². The van der Waals surface area contributed by atoms with Crippen molar-refractivity contribution in [2.75, 3.05) is 0 Å². The molecule has 0 saturated carbocycles. The second kappa shape index (κ2) is 14.7. The van der Waals surface area contributed by atoms with Crippen molar-refractivity contribution in [3.63, 3.8) is 0 Å². The zero-order valence-electron chi connectivity index (χ0n) is 36.3. The van der Waals surface area contributed by atoms with Gasteiger partial charge < -0.3 is 13.7 Å². The largest absolute Gasteiger partial charge is 0.307 e. The lowest BCUT2D eigenvalue weighted by Crippen LogP contribution is -2.10. The van der Waals surface area contributed by atoms with Crippen molar-refractivity contribution in [2.24, 2.45) is 0 Å². The van der Waals surface area contributed by atoms with E-state index in [2.05, 4.69) is 244 Å². The van der Waals surface area contributed by atoms with Gasteiger partial charge >= 0.3 is 0 Å². The van der Waals surface area contributed by atoms with Gasteiger partial charge in [0.15, 0.2) is 5.82 Å². The molecule has 312 valence electrons. The highest BCUT2D eigenvalue weighted by Crippen LogP contribution is 2.45. The van der Waals surface area contributed by atoms with Crippen molar-refractivity contribution in [2.45, 2.75) is 0 Å². The van der Waals surface area contributed by atoms with Crippen molar-refractivity contribution in [3.8, 4) is 51.0 Å². The van der Waals surface area contributed by atoms with Gasteiger partial charge in [-0.2, -0.15) is 0 Å². The number of rotatable bonds is 6. The first kappa shape index (κ1) is 37.3. The summed E-state index contributed by atoms with van der Waals surface area (Å²) in [5.74, 6) is 0.671. The fourth-order valence-corrected chi connectivity index (χ4v) is 10.7. The molecule has 0 unspecified atom stereocenters. The molecule has 4 aromatic heterocycles. The van der Waals surface area contributed by atoms with Crippen LogP contribution in [0, 0.1) is 0 Å². The molecule has 0 fully saturated rings. The Balaban J connectivity index is 1.20. The van der Waals surface area contributed by atoms with E-state index in [1.807, 2.05) is 6.07 Å². The molecule has 0 aliphatic carbocycles. The number of benzene rings is 10. The zero-order chi connectivity index (χ0) is 44.0. The summed E-state index contributed by atoms with van der Waals surface area (Å²) in [6.07, 6.45) is 0. The highest BCUT2D eigenvalue weighted by molar-refractivity contribution is 6.14. The quantitative estimate of drug-likeness (QED) is 0.167. The third-order valence-electron chi connectivity index (χ3n) is 13.6. The Morgan fingerprint density at radius 2 is 0.642 bits per heavy atom. The lowest BCUT2D eigenvalue weighted by atomic mass is 9.99. The molecule has 0 N–H and O–H groups in total. The average molecular weight is 854 g/mol. The van der Waals surface area contributed by atoms with E-state index in [4.69, 9.17) is 9.97 Å². The van der Waals surface area contributed by atoms with E-state index in [1.165, 1.54) is 37.7 Å². The second-order valence-electron chi connectivity index (χ2n) is 17.3. The van der Waals surface area contributed by atoms with Crippen LogP contribution < -0.4 is 0 Å². The van der Waals surface area contributed by atoms with E-state index in [0.717, 1.165) is 83.6 Å². The molecular weight excluding hydrogens is 815 g/mol. The molecule has 67 heavy (non-hydrogen) atoms. The summed E-state index contributed by atoms with van der Waals surface area (Å²) in [6.45, 7) is 0. The molecule has 5 heteroatoms. The van der Waals surface area contributed by atoms with E-state index in [-0.39, 0.29) is 0 Å². The monoisotopic (exact) mass is 853 g/mol. The summed E-state index contributed by atoms with van der Waals surface area (Å²) in [6, 6.07) is 85.2. The van der Waals surface area contributed by atoms with E-state index in [9.17, 15) is 0 Å². The van der Waals surface area contributed by atoms with Gasteiger partial charge in [-0.25, -0.2) is 9.97 Å². The maximum absolute atomic E-state index is 5.53. The van der Waals surface area contributed by atoms with Crippen LogP contribution in [0.2, 0.25) is 0 Å². The first-order valence-corrected chi connectivity index (χ1v) is 22.8. The summed E-state index contributed by atoms with van der Waals surface area (Å²) in [4.78, 5) is 10.9. The number of para-hydroxylation sites is 6. The lowest BCUT2D eigenvalue weighted by Gasteiger charge is -2.23. The Morgan fingerprint density at radius 3 is 1.12 bits per heavy atom. The Kier molecular flexibility index (Phi) is 8.21. The SMILES string of the molecule is c1ccc(-c2nc(-c3cc(-n4c5ccccc5c5ccccc54)c(-n4c5ccccc5c5ccccc54)c(-n4c5ccccc5c5ccccc54)c3)cc(-c3cccc4ccccc34)n2)cc1. The Morgan fingerprint density at radius 1 is 0.269 bits per heavy atom. The van der Waals surface area contributed by atoms with Crippen LogP contribution in [0.25, 0.3) is 127 Å². The van der Waals surface area contributed by atoms with Crippen LogP contribution in [0.15, 0.2) is 237 Å². The molecule has 0 amide bonds. The molecule has 0 spiro atoms. The molecule has 5 nitrogen and oxygen atoms in total. The molecule has 0 aliphatic rings. The minimum absolute atomic E-state index is 0.671. The smallest absolute Gasteiger partial charge is 0.160 e. The normalized spacial score (nSPS) is 11.9. The van der Waals surface area contributed by atoms with Crippen LogP contribution in [0.1, 0.15) is 0 Å². The van der Waals surface area contributed by atoms with E-state index < -0.39 is 0 Å². The van der Waals surface area contributed by atoms with Gasteiger partial charge in [-0.3, -0.25) is 0 Å². The number of nitrogens with zero attached hydrogens (tertiary/aromatic N) is 5. The van der Waals surface area contributed by atoms with Gasteiger partial charge in [-0.1, -0.05) is 182 Å². The highest BCUT2D eigenvalue weighted by atomic mass is 15.1. The number of hydrogen-bond donors (Lipinski definition) is 0. The predicted octanol–water partition coefficient (Wildman–Crippen LogP) is 15.9. The molecule has 0 aliphatic heterocycles. The highest BCUT2D eigenvalue weighted by Gasteiger charge is 2.27. The van der Waals surface area contributed by atoms with Crippen molar-refractivity contribution in [1.29, 1.82) is 0 Å². The van der Waals surface area contributed by atoms with Gasteiger partial charge in [-0.05, 0) is 65.4 Å². The maximum atomic E-state index is 5.53. The molecule has 14 aromatic rings. The summed E-state index contributed by atoms with van der Waals surface area (Å²) in [5, 5.41) is 9.50. The van der Waals surface area contributed by atoms with Crippen LogP contribution in [-0.2, 0) is 0 Å². The summed E-state index contributed by atoms with van der Waals surface area (Å²) >= 11 is 0. The molecule has 10 aromatic carbocycles. The minimum Gasteiger partial charge on any atom is -0.307 e. The van der Waals surface area contributed by atoms with Gasteiger partial charge in [0.2, 0.25) is 0 Å². The first-order chi connectivity index (χ1) is 33.3. The third kappa shape index (κ3) is 5.68.